The van der Waals surface area contributed by atoms with Gasteiger partial charge in [-0.1, -0.05) is 43.2 Å². The highest BCUT2D eigenvalue weighted by Crippen LogP contribution is 2.14. The average Bonchev–Trinajstić information content (AvgIpc) is 2.76. The van der Waals surface area contributed by atoms with Crippen molar-refractivity contribution in [2.24, 2.45) is 0 Å². The summed E-state index contributed by atoms with van der Waals surface area (Å²) in [4.78, 5) is 11.2. The highest BCUT2D eigenvalue weighted by molar-refractivity contribution is 5.88. The van der Waals surface area contributed by atoms with Gasteiger partial charge >= 0.3 is 5.97 Å². The molecule has 0 fully saturated rings. The fourth-order valence-corrected chi connectivity index (χ4v) is 2.09. The second kappa shape index (κ2) is 5.69. The molecule has 0 saturated carbocycles. The van der Waals surface area contributed by atoms with Crippen LogP contribution in [0.2, 0.25) is 0 Å². The van der Waals surface area contributed by atoms with E-state index in [4.69, 9.17) is 5.11 Å². The average molecular weight is 258 g/mol. The van der Waals surface area contributed by atoms with E-state index in [1.807, 2.05) is 26.0 Å². The minimum absolute atomic E-state index is 0.314. The third-order valence-corrected chi connectivity index (χ3v) is 3.12. The van der Waals surface area contributed by atoms with Gasteiger partial charge in [0.1, 0.15) is 5.56 Å². The molecule has 2 rings (SSSR count). The first-order chi connectivity index (χ1) is 9.11. The van der Waals surface area contributed by atoms with E-state index in [1.165, 1.54) is 11.8 Å². The lowest BCUT2D eigenvalue weighted by Gasteiger charge is -2.08. The molecule has 0 aliphatic rings. The van der Waals surface area contributed by atoms with E-state index >= 15 is 0 Å². The molecule has 0 aliphatic carbocycles. The van der Waals surface area contributed by atoms with E-state index < -0.39 is 5.97 Å². The van der Waals surface area contributed by atoms with Crippen LogP contribution in [0.25, 0.3) is 0 Å². The SMILES string of the molecule is CCCc1c(C(=O)O)cnn1Cc1ccc(C)cc1. The lowest BCUT2D eigenvalue weighted by molar-refractivity contribution is 0.0695. The predicted molar refractivity (Wildman–Crippen MR) is 73.5 cm³/mol. The number of aromatic nitrogens is 2. The molecule has 0 atom stereocenters. The number of aromatic carboxylic acids is 1. The predicted octanol–water partition coefficient (Wildman–Crippen LogP) is 2.89. The summed E-state index contributed by atoms with van der Waals surface area (Å²) in [6, 6.07) is 8.20. The fourth-order valence-electron chi connectivity index (χ4n) is 2.09. The molecule has 0 aliphatic heterocycles. The van der Waals surface area contributed by atoms with E-state index in [0.717, 1.165) is 24.1 Å². The van der Waals surface area contributed by atoms with Gasteiger partial charge < -0.3 is 5.11 Å². The van der Waals surface area contributed by atoms with Crippen molar-refractivity contribution in [2.45, 2.75) is 33.2 Å². The normalized spacial score (nSPS) is 10.6. The molecule has 1 aromatic heterocycles. The van der Waals surface area contributed by atoms with Crippen molar-refractivity contribution in [3.8, 4) is 0 Å². The van der Waals surface area contributed by atoms with Gasteiger partial charge in [-0.15, -0.1) is 0 Å². The Hall–Kier alpha value is -2.10. The van der Waals surface area contributed by atoms with Crippen LogP contribution in [-0.4, -0.2) is 20.9 Å². The monoisotopic (exact) mass is 258 g/mol. The molecule has 1 heterocycles. The number of carboxylic acids is 1. The summed E-state index contributed by atoms with van der Waals surface area (Å²) in [5.74, 6) is -0.904. The van der Waals surface area contributed by atoms with E-state index in [9.17, 15) is 4.79 Å². The van der Waals surface area contributed by atoms with Gasteiger partial charge in [-0.3, -0.25) is 4.68 Å². The summed E-state index contributed by atoms with van der Waals surface area (Å²) in [6.45, 7) is 4.69. The van der Waals surface area contributed by atoms with E-state index in [1.54, 1.807) is 4.68 Å². The van der Waals surface area contributed by atoms with Crippen LogP contribution >= 0.6 is 0 Å². The molecule has 0 amide bonds. The molecule has 1 aromatic carbocycles. The first kappa shape index (κ1) is 13.3. The Kier molecular flexibility index (Phi) is 4.00. The quantitative estimate of drug-likeness (QED) is 0.897. The first-order valence-electron chi connectivity index (χ1n) is 6.45. The minimum Gasteiger partial charge on any atom is -0.478 e. The third-order valence-electron chi connectivity index (χ3n) is 3.12. The molecule has 4 nitrogen and oxygen atoms in total. The van der Waals surface area contributed by atoms with Crippen LogP contribution in [0.15, 0.2) is 30.5 Å². The number of rotatable bonds is 5. The molecule has 100 valence electrons. The van der Waals surface area contributed by atoms with E-state index in [2.05, 4.69) is 17.2 Å². The zero-order valence-corrected chi connectivity index (χ0v) is 11.3. The summed E-state index contributed by atoms with van der Waals surface area (Å²) < 4.78 is 1.79. The summed E-state index contributed by atoms with van der Waals surface area (Å²) in [5, 5.41) is 13.4. The van der Waals surface area contributed by atoms with Gasteiger partial charge in [0.25, 0.3) is 0 Å². The number of aryl methyl sites for hydroxylation is 1. The van der Waals surface area contributed by atoms with Gasteiger partial charge in [-0.05, 0) is 18.9 Å². The first-order valence-corrected chi connectivity index (χ1v) is 6.45. The summed E-state index contributed by atoms with van der Waals surface area (Å²) in [6.07, 6.45) is 3.08. The van der Waals surface area contributed by atoms with Crippen molar-refractivity contribution in [3.63, 3.8) is 0 Å². The summed E-state index contributed by atoms with van der Waals surface area (Å²) in [5.41, 5.74) is 3.46. The van der Waals surface area contributed by atoms with Crippen LogP contribution in [0.3, 0.4) is 0 Å². The van der Waals surface area contributed by atoms with Crippen LogP contribution < -0.4 is 0 Å². The Morgan fingerprint density at radius 3 is 2.58 bits per heavy atom. The molecule has 0 saturated heterocycles. The van der Waals surface area contributed by atoms with Crippen LogP contribution in [0.1, 0.15) is 40.5 Å². The molecule has 0 radical (unpaired) electrons. The Morgan fingerprint density at radius 1 is 1.32 bits per heavy atom. The van der Waals surface area contributed by atoms with Crippen LogP contribution in [0.4, 0.5) is 0 Å². The second-order valence-electron chi connectivity index (χ2n) is 4.70. The Morgan fingerprint density at radius 2 is 2.00 bits per heavy atom. The zero-order valence-electron chi connectivity index (χ0n) is 11.3. The second-order valence-corrected chi connectivity index (χ2v) is 4.70. The molecular weight excluding hydrogens is 240 g/mol. The summed E-state index contributed by atoms with van der Waals surface area (Å²) in [7, 11) is 0. The lowest BCUT2D eigenvalue weighted by Crippen LogP contribution is -2.09. The number of hydrogen-bond acceptors (Lipinski definition) is 2. The van der Waals surface area contributed by atoms with E-state index in [-0.39, 0.29) is 0 Å². The number of carboxylic acid groups (broad SMARTS) is 1. The maximum atomic E-state index is 11.2. The van der Waals surface area contributed by atoms with Gasteiger partial charge in [-0.25, -0.2) is 4.79 Å². The van der Waals surface area contributed by atoms with Crippen LogP contribution in [-0.2, 0) is 13.0 Å². The van der Waals surface area contributed by atoms with Crippen molar-refractivity contribution in [3.05, 3.63) is 52.8 Å². The summed E-state index contributed by atoms with van der Waals surface area (Å²) >= 11 is 0. The topological polar surface area (TPSA) is 55.1 Å². The van der Waals surface area contributed by atoms with Crippen molar-refractivity contribution in [1.29, 1.82) is 0 Å². The highest BCUT2D eigenvalue weighted by atomic mass is 16.4. The third kappa shape index (κ3) is 3.02. The standard InChI is InChI=1S/C15H18N2O2/c1-3-4-14-13(15(18)19)9-16-17(14)10-12-7-5-11(2)6-8-12/h5-9H,3-4,10H2,1-2H3,(H,18,19). The lowest BCUT2D eigenvalue weighted by atomic mass is 10.1. The number of nitrogens with zero attached hydrogens (tertiary/aromatic N) is 2. The van der Waals surface area contributed by atoms with Gasteiger partial charge in [0.05, 0.1) is 18.4 Å². The number of carbonyl (C=O) groups is 1. The van der Waals surface area contributed by atoms with Crippen molar-refractivity contribution >= 4 is 5.97 Å². The highest BCUT2D eigenvalue weighted by Gasteiger charge is 2.15. The fraction of sp³-hybridized carbons (Fsp3) is 0.333. The molecule has 0 spiro atoms. The smallest absolute Gasteiger partial charge is 0.339 e. The molecular formula is C15H18N2O2. The Bertz CT molecular complexity index is 570. The van der Waals surface area contributed by atoms with Gasteiger partial charge in [0.2, 0.25) is 0 Å². The van der Waals surface area contributed by atoms with Crippen molar-refractivity contribution < 1.29 is 9.90 Å². The molecule has 4 heteroatoms. The molecule has 0 unspecified atom stereocenters. The number of hydrogen-bond donors (Lipinski definition) is 1. The zero-order chi connectivity index (χ0) is 13.8. The van der Waals surface area contributed by atoms with Crippen molar-refractivity contribution in [1.82, 2.24) is 9.78 Å². The maximum absolute atomic E-state index is 11.2. The molecule has 1 N–H and O–H groups in total. The van der Waals surface area contributed by atoms with E-state index in [0.29, 0.717) is 12.1 Å². The molecule has 19 heavy (non-hydrogen) atoms. The maximum Gasteiger partial charge on any atom is 0.339 e. The van der Waals surface area contributed by atoms with Crippen LogP contribution in [0.5, 0.6) is 0 Å². The van der Waals surface area contributed by atoms with Gasteiger partial charge in [0.15, 0.2) is 0 Å². The largest absolute Gasteiger partial charge is 0.478 e. The van der Waals surface area contributed by atoms with Crippen molar-refractivity contribution in [2.75, 3.05) is 0 Å². The van der Waals surface area contributed by atoms with Gasteiger partial charge in [-0.2, -0.15) is 5.10 Å². The molecule has 2 aromatic rings. The van der Waals surface area contributed by atoms with Gasteiger partial charge in [0, 0.05) is 0 Å². The minimum atomic E-state index is -0.904. The Labute approximate surface area is 112 Å². The number of benzene rings is 1. The van der Waals surface area contributed by atoms with Crippen LogP contribution in [0, 0.1) is 6.92 Å². The molecule has 0 bridgehead atoms. The Balaban J connectivity index is 2.29.